The lowest BCUT2D eigenvalue weighted by Gasteiger charge is -2.45. The Morgan fingerprint density at radius 3 is 2.71 bits per heavy atom. The first kappa shape index (κ1) is 16.3. The summed E-state index contributed by atoms with van der Waals surface area (Å²) in [7, 11) is 0. The normalized spacial score (nSPS) is 29.4. The van der Waals surface area contributed by atoms with Crippen molar-refractivity contribution in [2.45, 2.75) is 31.5 Å². The Morgan fingerprint density at radius 1 is 1.29 bits per heavy atom. The third-order valence-electron chi connectivity index (χ3n) is 4.65. The van der Waals surface area contributed by atoms with Gasteiger partial charge >= 0.3 is 5.97 Å². The fourth-order valence-corrected chi connectivity index (χ4v) is 3.39. The number of aliphatic hydroxyl groups is 1. The maximum absolute atomic E-state index is 11.6. The average Bonchev–Trinajstić information content (AvgIpc) is 2.50. The van der Waals surface area contributed by atoms with Crippen molar-refractivity contribution in [1.82, 2.24) is 0 Å². The molecule has 0 aromatic heterocycles. The zero-order valence-corrected chi connectivity index (χ0v) is 12.8. The van der Waals surface area contributed by atoms with E-state index in [-0.39, 0.29) is 29.4 Å². The van der Waals surface area contributed by atoms with Gasteiger partial charge in [0.05, 0.1) is 6.42 Å². The number of fused-ring (bicyclic) bond motifs is 1. The summed E-state index contributed by atoms with van der Waals surface area (Å²) >= 11 is 0. The van der Waals surface area contributed by atoms with Crippen molar-refractivity contribution in [3.63, 3.8) is 0 Å². The van der Waals surface area contributed by atoms with Crippen LogP contribution in [0.4, 0.5) is 0 Å². The first-order chi connectivity index (χ1) is 11.3. The number of phenolic OH excluding ortho intramolecular Hbond substituents is 2. The molecule has 0 amide bonds. The molecule has 3 atom stereocenters. The van der Waals surface area contributed by atoms with E-state index in [0.717, 1.165) is 6.07 Å². The molecule has 0 spiro atoms. The fourth-order valence-electron chi connectivity index (χ4n) is 3.39. The van der Waals surface area contributed by atoms with Gasteiger partial charge in [-0.1, -0.05) is 0 Å². The van der Waals surface area contributed by atoms with Gasteiger partial charge in [-0.15, -0.1) is 0 Å². The Hall–Kier alpha value is -2.54. The molecule has 3 unspecified atom stereocenters. The Balaban J connectivity index is 2.03. The van der Waals surface area contributed by atoms with Crippen LogP contribution in [0.25, 0.3) is 0 Å². The van der Waals surface area contributed by atoms with Crippen LogP contribution in [0.3, 0.4) is 0 Å². The quantitative estimate of drug-likeness (QED) is 0.619. The molecule has 3 rings (SSSR count). The summed E-state index contributed by atoms with van der Waals surface area (Å²) in [6.07, 6.45) is 2.29. The summed E-state index contributed by atoms with van der Waals surface area (Å²) in [5, 5.41) is 39.3. The molecule has 24 heavy (non-hydrogen) atoms. The highest BCUT2D eigenvalue weighted by Gasteiger charge is 2.49. The van der Waals surface area contributed by atoms with Gasteiger partial charge < -0.3 is 25.2 Å². The number of hydrogen-bond acceptors (Lipinski definition) is 6. The monoisotopic (exact) mass is 334 g/mol. The summed E-state index contributed by atoms with van der Waals surface area (Å²) in [6, 6.07) is 3.68. The lowest BCUT2D eigenvalue weighted by Crippen LogP contribution is -2.45. The summed E-state index contributed by atoms with van der Waals surface area (Å²) in [4.78, 5) is 22.8. The topological polar surface area (TPSA) is 124 Å². The number of aliphatic carboxylic acids is 1. The van der Waals surface area contributed by atoms with E-state index in [0.29, 0.717) is 25.0 Å². The molecule has 7 nitrogen and oxygen atoms in total. The van der Waals surface area contributed by atoms with E-state index in [9.17, 15) is 24.9 Å². The molecular formula is C17H18O7. The van der Waals surface area contributed by atoms with E-state index in [1.807, 2.05) is 0 Å². The highest BCUT2D eigenvalue weighted by molar-refractivity contribution is 5.91. The van der Waals surface area contributed by atoms with Gasteiger partial charge in [0.1, 0.15) is 5.76 Å². The van der Waals surface area contributed by atoms with Gasteiger partial charge in [0.25, 0.3) is 0 Å². The number of ether oxygens (including phenoxy) is 1. The van der Waals surface area contributed by atoms with E-state index in [1.54, 1.807) is 0 Å². The average molecular weight is 334 g/mol. The summed E-state index contributed by atoms with van der Waals surface area (Å²) in [6.45, 7) is 0. The third kappa shape index (κ3) is 2.82. The molecule has 0 radical (unpaired) electrons. The van der Waals surface area contributed by atoms with Crippen LogP contribution < -0.4 is 0 Å². The van der Waals surface area contributed by atoms with Gasteiger partial charge in [0.2, 0.25) is 5.79 Å². The molecule has 7 heteroatoms. The van der Waals surface area contributed by atoms with Crippen molar-refractivity contribution in [1.29, 1.82) is 0 Å². The highest BCUT2D eigenvalue weighted by Crippen LogP contribution is 2.49. The lowest BCUT2D eigenvalue weighted by molar-refractivity contribution is -0.254. The van der Waals surface area contributed by atoms with Crippen molar-refractivity contribution in [2.24, 2.45) is 11.8 Å². The van der Waals surface area contributed by atoms with Gasteiger partial charge in [-0.2, -0.15) is 0 Å². The zero-order valence-electron chi connectivity index (χ0n) is 12.8. The van der Waals surface area contributed by atoms with Crippen LogP contribution in [-0.4, -0.2) is 32.2 Å². The van der Waals surface area contributed by atoms with Crippen LogP contribution in [0, 0.1) is 11.8 Å². The zero-order chi connectivity index (χ0) is 17.5. The summed E-state index contributed by atoms with van der Waals surface area (Å²) in [5.74, 6) is -4.52. The molecule has 1 aliphatic heterocycles. The second-order valence-electron chi connectivity index (χ2n) is 6.28. The minimum Gasteiger partial charge on any atom is -0.504 e. The predicted octanol–water partition coefficient (Wildman–Crippen LogP) is 1.62. The number of carboxylic acid groups (broad SMARTS) is 1. The minimum absolute atomic E-state index is 0.103. The SMILES string of the molecule is O=C(O)CC1CC2CCC(=O)C=C2OC1(O)c1ccc(O)c(O)c1. The predicted molar refractivity (Wildman–Crippen MR) is 80.9 cm³/mol. The molecule has 0 bridgehead atoms. The summed E-state index contributed by atoms with van der Waals surface area (Å²) < 4.78 is 5.68. The molecule has 1 aromatic carbocycles. The van der Waals surface area contributed by atoms with Gasteiger partial charge in [-0.3, -0.25) is 9.59 Å². The van der Waals surface area contributed by atoms with Gasteiger partial charge in [0, 0.05) is 29.9 Å². The molecule has 1 heterocycles. The van der Waals surface area contributed by atoms with Crippen molar-refractivity contribution >= 4 is 11.8 Å². The fraction of sp³-hybridized carbons (Fsp3) is 0.412. The van der Waals surface area contributed by atoms with E-state index < -0.39 is 23.4 Å². The molecule has 2 aliphatic rings. The van der Waals surface area contributed by atoms with Crippen molar-refractivity contribution in [3.05, 3.63) is 35.6 Å². The molecule has 128 valence electrons. The Bertz CT molecular complexity index is 724. The number of aromatic hydroxyl groups is 2. The van der Waals surface area contributed by atoms with E-state index in [1.165, 1.54) is 18.2 Å². The number of hydrogen-bond donors (Lipinski definition) is 4. The van der Waals surface area contributed by atoms with Gasteiger partial charge in [0.15, 0.2) is 17.3 Å². The number of phenols is 2. The minimum atomic E-state index is -2.00. The van der Waals surface area contributed by atoms with E-state index in [4.69, 9.17) is 9.84 Å². The number of benzene rings is 1. The third-order valence-corrected chi connectivity index (χ3v) is 4.65. The number of carboxylic acids is 1. The maximum Gasteiger partial charge on any atom is 0.303 e. The standard InChI is InChI=1S/C17H18O7/c18-12-3-1-9-5-11(7-16(21)22)17(23,24-15(9)8-12)10-2-4-13(19)14(20)6-10/h2,4,6,8-9,11,19-20,23H,1,3,5,7H2,(H,21,22). The van der Waals surface area contributed by atoms with Crippen LogP contribution in [0.15, 0.2) is 30.0 Å². The highest BCUT2D eigenvalue weighted by atomic mass is 16.6. The van der Waals surface area contributed by atoms with Crippen LogP contribution in [0.5, 0.6) is 11.5 Å². The largest absolute Gasteiger partial charge is 0.504 e. The summed E-state index contributed by atoms with van der Waals surface area (Å²) in [5.41, 5.74) is 0.126. The number of ketones is 1. The first-order valence-electron chi connectivity index (χ1n) is 7.69. The molecule has 1 aromatic rings. The smallest absolute Gasteiger partial charge is 0.303 e. The molecule has 1 fully saturated rings. The lowest BCUT2D eigenvalue weighted by atomic mass is 9.75. The Labute approximate surface area is 137 Å². The van der Waals surface area contributed by atoms with Gasteiger partial charge in [-0.05, 0) is 31.0 Å². The van der Waals surface area contributed by atoms with E-state index in [2.05, 4.69) is 0 Å². The number of rotatable bonds is 3. The molecule has 1 aliphatic carbocycles. The Morgan fingerprint density at radius 2 is 2.04 bits per heavy atom. The Kier molecular flexibility index (Phi) is 3.96. The van der Waals surface area contributed by atoms with Crippen molar-refractivity contribution in [2.75, 3.05) is 0 Å². The van der Waals surface area contributed by atoms with Crippen LogP contribution in [0.2, 0.25) is 0 Å². The maximum atomic E-state index is 11.6. The number of carbonyl (C=O) groups excluding carboxylic acids is 1. The van der Waals surface area contributed by atoms with Gasteiger partial charge in [-0.25, -0.2) is 0 Å². The molecule has 4 N–H and O–H groups in total. The molecule has 0 saturated carbocycles. The molecular weight excluding hydrogens is 316 g/mol. The number of allylic oxidation sites excluding steroid dienone is 2. The number of carbonyl (C=O) groups is 2. The first-order valence-corrected chi connectivity index (χ1v) is 7.69. The molecule has 1 saturated heterocycles. The van der Waals surface area contributed by atoms with Crippen molar-refractivity contribution < 1.29 is 34.8 Å². The second-order valence-corrected chi connectivity index (χ2v) is 6.28. The van der Waals surface area contributed by atoms with Crippen LogP contribution >= 0.6 is 0 Å². The van der Waals surface area contributed by atoms with Crippen molar-refractivity contribution in [3.8, 4) is 11.5 Å². The van der Waals surface area contributed by atoms with E-state index >= 15 is 0 Å². The van der Waals surface area contributed by atoms with Crippen LogP contribution in [0.1, 0.15) is 31.2 Å². The second kappa shape index (κ2) is 5.83. The van der Waals surface area contributed by atoms with Crippen LogP contribution in [-0.2, 0) is 20.1 Å².